The molecule has 1 aromatic rings. The molecule has 0 bridgehead atoms. The first-order valence-corrected chi connectivity index (χ1v) is 10.2. The molecule has 0 saturated carbocycles. The summed E-state index contributed by atoms with van der Waals surface area (Å²) in [4.78, 5) is 40.1. The Labute approximate surface area is 168 Å². The molecule has 28 heavy (non-hydrogen) atoms. The lowest BCUT2D eigenvalue weighted by Gasteiger charge is -2.28. The van der Waals surface area contributed by atoms with Gasteiger partial charge in [0.1, 0.15) is 12.3 Å². The van der Waals surface area contributed by atoms with Crippen LogP contribution in [0.25, 0.3) is 6.08 Å². The van der Waals surface area contributed by atoms with Gasteiger partial charge in [-0.1, -0.05) is 25.5 Å². The number of imide groups is 1. The van der Waals surface area contributed by atoms with E-state index in [1.165, 1.54) is 0 Å². The minimum Gasteiger partial charge on any atom is -0.494 e. The molecular weight excluding hydrogens is 380 g/mol. The van der Waals surface area contributed by atoms with Crippen LogP contribution in [0.4, 0.5) is 4.79 Å². The molecule has 2 fully saturated rings. The molecule has 0 aromatic heterocycles. The summed E-state index contributed by atoms with van der Waals surface area (Å²) in [5, 5.41) is -0.419. The summed E-state index contributed by atoms with van der Waals surface area (Å²) >= 11 is 0.858. The summed E-state index contributed by atoms with van der Waals surface area (Å²) in [5.74, 6) is 0.107. The van der Waals surface area contributed by atoms with Crippen molar-refractivity contribution in [1.29, 1.82) is 0 Å². The van der Waals surface area contributed by atoms with Crippen LogP contribution in [-0.2, 0) is 14.3 Å². The van der Waals surface area contributed by atoms with Crippen molar-refractivity contribution >= 4 is 34.9 Å². The van der Waals surface area contributed by atoms with E-state index < -0.39 is 11.1 Å². The highest BCUT2D eigenvalue weighted by molar-refractivity contribution is 8.18. The Morgan fingerprint density at radius 1 is 1.21 bits per heavy atom. The van der Waals surface area contributed by atoms with Gasteiger partial charge in [-0.05, 0) is 42.0 Å². The monoisotopic (exact) mass is 404 g/mol. The number of nitrogens with zero attached hydrogens (tertiary/aromatic N) is 2. The smallest absolute Gasteiger partial charge is 0.294 e. The number of hydrogen-bond donors (Lipinski definition) is 0. The Morgan fingerprint density at radius 2 is 1.93 bits per heavy atom. The van der Waals surface area contributed by atoms with Gasteiger partial charge in [0.2, 0.25) is 5.91 Å². The normalized spacial score (nSPS) is 18.8. The molecule has 2 aliphatic rings. The molecule has 2 saturated heterocycles. The Balaban J connectivity index is 1.61. The van der Waals surface area contributed by atoms with E-state index in [1.54, 1.807) is 11.0 Å². The van der Waals surface area contributed by atoms with E-state index in [2.05, 4.69) is 6.92 Å². The fourth-order valence-electron chi connectivity index (χ4n) is 2.83. The van der Waals surface area contributed by atoms with Crippen molar-refractivity contribution in [2.45, 2.75) is 19.8 Å². The number of amides is 3. The second kappa shape index (κ2) is 9.75. The van der Waals surface area contributed by atoms with Crippen molar-refractivity contribution in [3.05, 3.63) is 34.7 Å². The van der Waals surface area contributed by atoms with Gasteiger partial charge < -0.3 is 14.4 Å². The van der Waals surface area contributed by atoms with E-state index in [-0.39, 0.29) is 12.5 Å². The van der Waals surface area contributed by atoms with Crippen LogP contribution >= 0.6 is 11.8 Å². The van der Waals surface area contributed by atoms with Gasteiger partial charge in [-0.3, -0.25) is 19.3 Å². The summed E-state index contributed by atoms with van der Waals surface area (Å²) in [7, 11) is 0. The number of carbonyl (C=O) groups excluding carboxylic acids is 3. The standard InChI is InChI=1S/C20H24N2O5S/c1-2-3-10-27-16-6-4-15(5-7-16)13-17-19(24)22(20(25)28-17)14-18(23)21-8-11-26-12-9-21/h4-7,13H,2-3,8-12,14H2,1H3/b17-13+. The predicted octanol–water partition coefficient (Wildman–Crippen LogP) is 2.76. The maximum Gasteiger partial charge on any atom is 0.294 e. The Hall–Kier alpha value is -2.32. The number of rotatable bonds is 7. The zero-order chi connectivity index (χ0) is 19.9. The van der Waals surface area contributed by atoms with E-state index in [4.69, 9.17) is 9.47 Å². The molecule has 1 aromatic carbocycles. The quantitative estimate of drug-likeness (QED) is 0.514. The summed E-state index contributed by atoms with van der Waals surface area (Å²) in [6, 6.07) is 7.36. The largest absolute Gasteiger partial charge is 0.494 e. The minimum absolute atomic E-state index is 0.230. The molecular formula is C20H24N2O5S. The van der Waals surface area contributed by atoms with Gasteiger partial charge >= 0.3 is 0 Å². The average Bonchev–Trinajstić information content (AvgIpc) is 2.97. The van der Waals surface area contributed by atoms with Gasteiger partial charge in [0.15, 0.2) is 0 Å². The lowest BCUT2D eigenvalue weighted by atomic mass is 10.2. The number of benzene rings is 1. The molecule has 7 nitrogen and oxygen atoms in total. The number of thioether (sulfide) groups is 1. The fourth-order valence-corrected chi connectivity index (χ4v) is 3.67. The molecule has 3 rings (SSSR count). The van der Waals surface area contributed by atoms with Crippen LogP contribution in [0.3, 0.4) is 0 Å². The van der Waals surface area contributed by atoms with Crippen molar-refractivity contribution in [2.75, 3.05) is 39.5 Å². The zero-order valence-electron chi connectivity index (χ0n) is 15.9. The molecule has 2 aliphatic heterocycles. The van der Waals surface area contributed by atoms with Crippen molar-refractivity contribution < 1.29 is 23.9 Å². The summed E-state index contributed by atoms with van der Waals surface area (Å²) < 4.78 is 10.8. The topological polar surface area (TPSA) is 76.2 Å². The van der Waals surface area contributed by atoms with Crippen LogP contribution in [0.15, 0.2) is 29.2 Å². The number of ether oxygens (including phenoxy) is 2. The second-order valence-electron chi connectivity index (χ2n) is 6.53. The van der Waals surface area contributed by atoms with Crippen molar-refractivity contribution in [3.8, 4) is 5.75 Å². The lowest BCUT2D eigenvalue weighted by Crippen LogP contribution is -2.46. The third-order valence-corrected chi connectivity index (χ3v) is 5.38. The highest BCUT2D eigenvalue weighted by Crippen LogP contribution is 2.32. The number of carbonyl (C=O) groups is 3. The second-order valence-corrected chi connectivity index (χ2v) is 7.53. The molecule has 2 heterocycles. The Kier molecular flexibility index (Phi) is 7.11. The van der Waals surface area contributed by atoms with Crippen molar-refractivity contribution in [1.82, 2.24) is 9.80 Å². The molecule has 0 radical (unpaired) electrons. The number of unbranched alkanes of at least 4 members (excludes halogenated alkanes) is 1. The number of morpholine rings is 1. The molecule has 150 valence electrons. The summed E-state index contributed by atoms with van der Waals surface area (Å²) in [6.45, 7) is 4.47. The minimum atomic E-state index is -0.431. The first-order chi connectivity index (χ1) is 13.6. The maximum absolute atomic E-state index is 12.6. The van der Waals surface area contributed by atoms with Gasteiger partial charge in [-0.25, -0.2) is 0 Å². The third-order valence-electron chi connectivity index (χ3n) is 4.48. The van der Waals surface area contributed by atoms with E-state index >= 15 is 0 Å². The van der Waals surface area contributed by atoms with Crippen LogP contribution < -0.4 is 4.74 Å². The maximum atomic E-state index is 12.6. The van der Waals surface area contributed by atoms with Gasteiger partial charge in [-0.15, -0.1) is 0 Å². The van der Waals surface area contributed by atoms with Gasteiger partial charge in [0.25, 0.3) is 11.1 Å². The molecule has 0 N–H and O–H groups in total. The summed E-state index contributed by atoms with van der Waals surface area (Å²) in [6.07, 6.45) is 3.74. The predicted molar refractivity (Wildman–Crippen MR) is 107 cm³/mol. The van der Waals surface area contributed by atoms with Crippen LogP contribution in [0.5, 0.6) is 5.75 Å². The van der Waals surface area contributed by atoms with Crippen LogP contribution in [0.2, 0.25) is 0 Å². The van der Waals surface area contributed by atoms with E-state index in [1.807, 2.05) is 24.3 Å². The lowest BCUT2D eigenvalue weighted by molar-refractivity contribution is -0.139. The molecule has 0 spiro atoms. The molecule has 0 aliphatic carbocycles. The molecule has 0 unspecified atom stereocenters. The highest BCUT2D eigenvalue weighted by atomic mass is 32.2. The number of hydrogen-bond acceptors (Lipinski definition) is 6. The Morgan fingerprint density at radius 3 is 2.61 bits per heavy atom. The van der Waals surface area contributed by atoms with E-state index in [9.17, 15) is 14.4 Å². The molecule has 0 atom stereocenters. The first-order valence-electron chi connectivity index (χ1n) is 9.42. The van der Waals surface area contributed by atoms with Gasteiger partial charge in [-0.2, -0.15) is 0 Å². The van der Waals surface area contributed by atoms with Crippen molar-refractivity contribution in [2.24, 2.45) is 0 Å². The fraction of sp³-hybridized carbons (Fsp3) is 0.450. The van der Waals surface area contributed by atoms with E-state index in [0.29, 0.717) is 37.8 Å². The zero-order valence-corrected chi connectivity index (χ0v) is 16.7. The van der Waals surface area contributed by atoms with Gasteiger partial charge in [0, 0.05) is 13.1 Å². The first kappa shape index (κ1) is 20.4. The van der Waals surface area contributed by atoms with Gasteiger partial charge in [0.05, 0.1) is 24.7 Å². The highest BCUT2D eigenvalue weighted by Gasteiger charge is 2.37. The van der Waals surface area contributed by atoms with Crippen LogP contribution in [0.1, 0.15) is 25.3 Å². The van der Waals surface area contributed by atoms with Crippen LogP contribution in [-0.4, -0.2) is 66.3 Å². The Bertz CT molecular complexity index is 756. The SMILES string of the molecule is CCCCOc1ccc(/C=C2/SC(=O)N(CC(=O)N3CCOCC3)C2=O)cc1. The van der Waals surface area contributed by atoms with E-state index in [0.717, 1.165) is 40.8 Å². The average molecular weight is 404 g/mol. The molecule has 3 amide bonds. The third kappa shape index (κ3) is 5.14. The van der Waals surface area contributed by atoms with Crippen molar-refractivity contribution in [3.63, 3.8) is 0 Å². The molecule has 8 heteroatoms. The summed E-state index contributed by atoms with van der Waals surface area (Å²) in [5.41, 5.74) is 0.799. The van der Waals surface area contributed by atoms with Crippen LogP contribution in [0, 0.1) is 0 Å².